The third-order valence-corrected chi connectivity index (χ3v) is 4.52. The van der Waals surface area contributed by atoms with Gasteiger partial charge in [0, 0.05) is 13.6 Å². The Kier molecular flexibility index (Phi) is 4.11. The standard InChI is InChI=1S/C11H17FN2O2S/c1-4-5-14(3)17(15,16)11-7-10(13)9(12)6-8(11)2/h6-7H,4-5,13H2,1-3H3. The maximum absolute atomic E-state index is 13.2. The Morgan fingerprint density at radius 2 is 2.00 bits per heavy atom. The van der Waals surface area contributed by atoms with E-state index in [4.69, 9.17) is 5.73 Å². The number of sulfonamides is 1. The molecule has 0 atom stereocenters. The zero-order valence-electron chi connectivity index (χ0n) is 10.2. The topological polar surface area (TPSA) is 63.4 Å². The normalized spacial score (nSPS) is 12.1. The molecule has 17 heavy (non-hydrogen) atoms. The summed E-state index contributed by atoms with van der Waals surface area (Å²) >= 11 is 0. The summed E-state index contributed by atoms with van der Waals surface area (Å²) in [6.07, 6.45) is 0.714. The van der Waals surface area contributed by atoms with Gasteiger partial charge < -0.3 is 5.73 Å². The van der Waals surface area contributed by atoms with Crippen LogP contribution in [0.3, 0.4) is 0 Å². The molecule has 6 heteroatoms. The molecule has 0 radical (unpaired) electrons. The SMILES string of the molecule is CCCN(C)S(=O)(=O)c1cc(N)c(F)cc1C. The maximum atomic E-state index is 13.2. The van der Waals surface area contributed by atoms with Crippen LogP contribution in [0.15, 0.2) is 17.0 Å². The molecule has 0 spiro atoms. The van der Waals surface area contributed by atoms with Crippen LogP contribution in [0.25, 0.3) is 0 Å². The Balaban J connectivity index is 3.29. The quantitative estimate of drug-likeness (QED) is 0.839. The lowest BCUT2D eigenvalue weighted by atomic mass is 10.2. The van der Waals surface area contributed by atoms with Gasteiger partial charge in [-0.25, -0.2) is 17.1 Å². The first-order valence-corrected chi connectivity index (χ1v) is 6.76. The molecule has 0 aliphatic rings. The number of nitrogens with two attached hydrogens (primary N) is 1. The van der Waals surface area contributed by atoms with Crippen LogP contribution in [-0.2, 0) is 10.0 Å². The number of halogens is 1. The van der Waals surface area contributed by atoms with Crippen molar-refractivity contribution in [2.75, 3.05) is 19.3 Å². The van der Waals surface area contributed by atoms with Gasteiger partial charge in [-0.2, -0.15) is 0 Å². The van der Waals surface area contributed by atoms with Gasteiger partial charge in [0.15, 0.2) is 0 Å². The number of benzene rings is 1. The first-order valence-electron chi connectivity index (χ1n) is 5.32. The van der Waals surface area contributed by atoms with Crippen molar-refractivity contribution in [2.45, 2.75) is 25.2 Å². The summed E-state index contributed by atoms with van der Waals surface area (Å²) in [5.74, 6) is -0.598. The molecule has 0 amide bonds. The summed E-state index contributed by atoms with van der Waals surface area (Å²) in [4.78, 5) is 0.0624. The second-order valence-corrected chi connectivity index (χ2v) is 5.98. The first-order chi connectivity index (χ1) is 7.80. The largest absolute Gasteiger partial charge is 0.396 e. The lowest BCUT2D eigenvalue weighted by molar-refractivity contribution is 0.468. The molecule has 0 aliphatic heterocycles. The van der Waals surface area contributed by atoms with Crippen molar-refractivity contribution in [2.24, 2.45) is 0 Å². The maximum Gasteiger partial charge on any atom is 0.243 e. The molecular formula is C11H17FN2O2S. The van der Waals surface area contributed by atoms with Crippen LogP contribution in [-0.4, -0.2) is 26.3 Å². The fourth-order valence-corrected chi connectivity index (χ4v) is 3.05. The van der Waals surface area contributed by atoms with Crippen molar-refractivity contribution in [3.8, 4) is 0 Å². The van der Waals surface area contributed by atoms with Crippen LogP contribution in [0.2, 0.25) is 0 Å². The summed E-state index contributed by atoms with van der Waals surface area (Å²) in [5, 5.41) is 0. The van der Waals surface area contributed by atoms with Gasteiger partial charge in [0.2, 0.25) is 10.0 Å². The minimum Gasteiger partial charge on any atom is -0.396 e. The highest BCUT2D eigenvalue weighted by Crippen LogP contribution is 2.23. The molecule has 0 saturated heterocycles. The average Bonchev–Trinajstić information content (AvgIpc) is 2.23. The fourth-order valence-electron chi connectivity index (χ4n) is 1.55. The summed E-state index contributed by atoms with van der Waals surface area (Å²) in [5.41, 5.74) is 5.61. The Morgan fingerprint density at radius 1 is 1.41 bits per heavy atom. The van der Waals surface area contributed by atoms with E-state index in [1.165, 1.54) is 17.4 Å². The summed E-state index contributed by atoms with van der Waals surface area (Å²) < 4.78 is 38.7. The molecule has 2 N–H and O–H groups in total. The highest BCUT2D eigenvalue weighted by Gasteiger charge is 2.23. The predicted molar refractivity (Wildman–Crippen MR) is 65.7 cm³/mol. The molecule has 0 heterocycles. The number of aryl methyl sites for hydroxylation is 1. The van der Waals surface area contributed by atoms with E-state index in [0.717, 1.165) is 6.07 Å². The number of hydrogen-bond donors (Lipinski definition) is 1. The lowest BCUT2D eigenvalue weighted by Gasteiger charge is -2.18. The molecule has 1 aromatic rings. The van der Waals surface area contributed by atoms with E-state index in [0.29, 0.717) is 18.5 Å². The van der Waals surface area contributed by atoms with Crippen LogP contribution in [0, 0.1) is 12.7 Å². The van der Waals surface area contributed by atoms with Crippen molar-refractivity contribution >= 4 is 15.7 Å². The van der Waals surface area contributed by atoms with Gasteiger partial charge in [-0.05, 0) is 31.0 Å². The van der Waals surface area contributed by atoms with E-state index in [1.54, 1.807) is 6.92 Å². The second kappa shape index (κ2) is 5.01. The zero-order valence-corrected chi connectivity index (χ0v) is 11.0. The van der Waals surface area contributed by atoms with E-state index in [9.17, 15) is 12.8 Å². The number of hydrogen-bond acceptors (Lipinski definition) is 3. The summed E-state index contributed by atoms with van der Waals surface area (Å²) in [7, 11) is -2.09. The van der Waals surface area contributed by atoms with E-state index in [1.807, 2.05) is 6.92 Å². The molecule has 1 rings (SSSR count). The van der Waals surface area contributed by atoms with Crippen LogP contribution in [0.5, 0.6) is 0 Å². The van der Waals surface area contributed by atoms with Crippen LogP contribution < -0.4 is 5.73 Å². The number of rotatable bonds is 4. The number of nitrogens with zero attached hydrogens (tertiary/aromatic N) is 1. The van der Waals surface area contributed by atoms with Gasteiger partial charge in [0.1, 0.15) is 5.82 Å². The predicted octanol–water partition coefficient (Wildman–Crippen LogP) is 1.75. The van der Waals surface area contributed by atoms with Gasteiger partial charge in [-0.15, -0.1) is 0 Å². The minimum absolute atomic E-state index is 0.0624. The molecule has 96 valence electrons. The van der Waals surface area contributed by atoms with Gasteiger partial charge in [0.25, 0.3) is 0 Å². The van der Waals surface area contributed by atoms with Crippen molar-refractivity contribution in [3.63, 3.8) is 0 Å². The first kappa shape index (κ1) is 13.9. The van der Waals surface area contributed by atoms with Crippen molar-refractivity contribution in [1.82, 2.24) is 4.31 Å². The third kappa shape index (κ3) is 2.76. The van der Waals surface area contributed by atoms with Crippen molar-refractivity contribution < 1.29 is 12.8 Å². The smallest absolute Gasteiger partial charge is 0.243 e. The Hall–Kier alpha value is -1.14. The van der Waals surface area contributed by atoms with Crippen LogP contribution in [0.4, 0.5) is 10.1 Å². The van der Waals surface area contributed by atoms with Gasteiger partial charge in [-0.1, -0.05) is 6.92 Å². The van der Waals surface area contributed by atoms with E-state index in [2.05, 4.69) is 0 Å². The monoisotopic (exact) mass is 260 g/mol. The molecular weight excluding hydrogens is 243 g/mol. The third-order valence-electron chi connectivity index (χ3n) is 2.52. The highest BCUT2D eigenvalue weighted by atomic mass is 32.2. The molecule has 0 fully saturated rings. The molecule has 0 unspecified atom stereocenters. The van der Waals surface area contributed by atoms with E-state index in [-0.39, 0.29) is 10.6 Å². The highest BCUT2D eigenvalue weighted by molar-refractivity contribution is 7.89. The Morgan fingerprint density at radius 3 is 2.53 bits per heavy atom. The van der Waals surface area contributed by atoms with Crippen LogP contribution >= 0.6 is 0 Å². The zero-order chi connectivity index (χ0) is 13.2. The number of nitrogen functional groups attached to an aromatic ring is 1. The summed E-state index contributed by atoms with van der Waals surface area (Å²) in [6.45, 7) is 3.85. The van der Waals surface area contributed by atoms with Gasteiger partial charge in [-0.3, -0.25) is 0 Å². The van der Waals surface area contributed by atoms with Gasteiger partial charge in [0.05, 0.1) is 10.6 Å². The molecule has 1 aromatic carbocycles. The Labute approximate surface area is 101 Å². The molecule has 0 saturated carbocycles. The van der Waals surface area contributed by atoms with Crippen LogP contribution in [0.1, 0.15) is 18.9 Å². The molecule has 0 aliphatic carbocycles. The molecule has 0 bridgehead atoms. The average molecular weight is 260 g/mol. The molecule has 0 aromatic heterocycles. The van der Waals surface area contributed by atoms with E-state index < -0.39 is 15.8 Å². The van der Waals surface area contributed by atoms with Crippen molar-refractivity contribution in [1.29, 1.82) is 0 Å². The fraction of sp³-hybridized carbons (Fsp3) is 0.455. The minimum atomic E-state index is -3.58. The molecule has 4 nitrogen and oxygen atoms in total. The summed E-state index contributed by atoms with van der Waals surface area (Å²) in [6, 6.07) is 2.31. The second-order valence-electron chi connectivity index (χ2n) is 3.97. The lowest BCUT2D eigenvalue weighted by Crippen LogP contribution is -2.28. The number of anilines is 1. The van der Waals surface area contributed by atoms with E-state index >= 15 is 0 Å². The Bertz CT molecular complexity index is 514. The van der Waals surface area contributed by atoms with Gasteiger partial charge >= 0.3 is 0 Å². The van der Waals surface area contributed by atoms with Crippen molar-refractivity contribution in [3.05, 3.63) is 23.5 Å².